The average molecular weight is 210 g/mol. The highest BCUT2D eigenvalue weighted by Crippen LogP contribution is 2.19. The van der Waals surface area contributed by atoms with Crippen molar-refractivity contribution in [2.24, 2.45) is 13.0 Å². The Balaban J connectivity index is 1.84. The number of imidazole rings is 1. The van der Waals surface area contributed by atoms with Crippen molar-refractivity contribution in [3.8, 4) is 0 Å². The first-order valence-corrected chi connectivity index (χ1v) is 5.49. The van der Waals surface area contributed by atoms with Gasteiger partial charge in [0.1, 0.15) is 5.82 Å². The quantitative estimate of drug-likeness (QED) is 0.801. The van der Waals surface area contributed by atoms with Gasteiger partial charge in [-0.25, -0.2) is 4.98 Å². The van der Waals surface area contributed by atoms with E-state index in [0.29, 0.717) is 13.2 Å². The van der Waals surface area contributed by atoms with Gasteiger partial charge in [0.15, 0.2) is 0 Å². The number of rotatable bonds is 3. The van der Waals surface area contributed by atoms with Crippen LogP contribution in [0, 0.1) is 5.92 Å². The van der Waals surface area contributed by atoms with Crippen molar-refractivity contribution in [2.75, 3.05) is 13.2 Å². The summed E-state index contributed by atoms with van der Waals surface area (Å²) in [5.41, 5.74) is 0. The molecule has 1 aromatic rings. The van der Waals surface area contributed by atoms with Gasteiger partial charge in [-0.05, 0) is 12.8 Å². The van der Waals surface area contributed by atoms with E-state index in [0.717, 1.165) is 25.1 Å². The lowest BCUT2D eigenvalue weighted by atomic mass is 9.94. The molecule has 84 valence electrons. The van der Waals surface area contributed by atoms with E-state index in [4.69, 9.17) is 4.74 Å². The Labute approximate surface area is 89.9 Å². The molecule has 1 aliphatic rings. The van der Waals surface area contributed by atoms with Crippen LogP contribution in [-0.4, -0.2) is 34.0 Å². The van der Waals surface area contributed by atoms with E-state index in [9.17, 15) is 5.11 Å². The third-order valence-corrected chi connectivity index (χ3v) is 3.09. The molecule has 15 heavy (non-hydrogen) atoms. The number of aromatic nitrogens is 2. The number of hydrogen-bond acceptors (Lipinski definition) is 3. The molecule has 0 radical (unpaired) electrons. The van der Waals surface area contributed by atoms with E-state index >= 15 is 0 Å². The third-order valence-electron chi connectivity index (χ3n) is 3.09. The summed E-state index contributed by atoms with van der Waals surface area (Å²) < 4.78 is 7.39. The molecule has 2 unspecified atom stereocenters. The minimum absolute atomic E-state index is 0.195. The summed E-state index contributed by atoms with van der Waals surface area (Å²) >= 11 is 0. The second-order valence-electron chi connectivity index (χ2n) is 4.18. The maximum absolute atomic E-state index is 9.76. The van der Waals surface area contributed by atoms with Crippen LogP contribution in [0.5, 0.6) is 0 Å². The molecule has 0 bridgehead atoms. The van der Waals surface area contributed by atoms with Crippen molar-refractivity contribution in [1.29, 1.82) is 0 Å². The molecule has 0 saturated carbocycles. The molecule has 1 fully saturated rings. The monoisotopic (exact) mass is 210 g/mol. The first kappa shape index (κ1) is 10.6. The van der Waals surface area contributed by atoms with Gasteiger partial charge in [0, 0.05) is 38.4 Å². The fourth-order valence-corrected chi connectivity index (χ4v) is 2.01. The molecule has 1 aliphatic heterocycles. The third kappa shape index (κ3) is 2.58. The lowest BCUT2D eigenvalue weighted by Crippen LogP contribution is -2.32. The molecule has 0 amide bonds. The van der Waals surface area contributed by atoms with E-state index in [1.54, 1.807) is 0 Å². The number of aliphatic hydroxyl groups excluding tert-OH is 1. The highest BCUT2D eigenvalue weighted by molar-refractivity contribution is 4.92. The van der Waals surface area contributed by atoms with Gasteiger partial charge >= 0.3 is 0 Å². The standard InChI is InChI=1S/C11H18N2O2/c1-13-6-5-12-11(13)3-2-9-8-15-7-4-10(9)14/h5-6,9-10,14H,2-4,7-8H2,1H3. The zero-order valence-electron chi connectivity index (χ0n) is 9.09. The first-order valence-electron chi connectivity index (χ1n) is 5.49. The maximum Gasteiger partial charge on any atom is 0.108 e. The molecule has 4 heteroatoms. The van der Waals surface area contributed by atoms with E-state index in [-0.39, 0.29) is 12.0 Å². The summed E-state index contributed by atoms with van der Waals surface area (Å²) in [6.45, 7) is 1.38. The molecule has 0 aliphatic carbocycles. The zero-order valence-corrected chi connectivity index (χ0v) is 9.09. The van der Waals surface area contributed by atoms with Gasteiger partial charge in [-0.3, -0.25) is 0 Å². The SMILES string of the molecule is Cn1ccnc1CCC1COCCC1O. The molecule has 2 rings (SSSR count). The van der Waals surface area contributed by atoms with Crippen molar-refractivity contribution in [3.63, 3.8) is 0 Å². The van der Waals surface area contributed by atoms with Crippen LogP contribution in [-0.2, 0) is 18.2 Å². The zero-order chi connectivity index (χ0) is 10.7. The Morgan fingerprint density at radius 1 is 1.67 bits per heavy atom. The Hall–Kier alpha value is -0.870. The number of hydrogen-bond donors (Lipinski definition) is 1. The van der Waals surface area contributed by atoms with E-state index < -0.39 is 0 Å². The van der Waals surface area contributed by atoms with Gasteiger partial charge in [-0.1, -0.05) is 0 Å². The predicted octanol–water partition coefficient (Wildman–Crippen LogP) is 0.750. The lowest BCUT2D eigenvalue weighted by Gasteiger charge is -2.27. The fraction of sp³-hybridized carbons (Fsp3) is 0.727. The molecule has 1 saturated heterocycles. The van der Waals surface area contributed by atoms with Crippen LogP contribution in [0.3, 0.4) is 0 Å². The van der Waals surface area contributed by atoms with Crippen molar-refractivity contribution < 1.29 is 9.84 Å². The molecule has 2 atom stereocenters. The van der Waals surface area contributed by atoms with Crippen LogP contribution in [0.2, 0.25) is 0 Å². The van der Waals surface area contributed by atoms with E-state index in [2.05, 4.69) is 4.98 Å². The van der Waals surface area contributed by atoms with Crippen molar-refractivity contribution >= 4 is 0 Å². The molecule has 0 aromatic carbocycles. The Bertz CT molecular complexity index is 311. The minimum atomic E-state index is -0.195. The normalized spacial score (nSPS) is 26.8. The smallest absolute Gasteiger partial charge is 0.108 e. The Kier molecular flexibility index (Phi) is 3.38. The van der Waals surface area contributed by atoms with E-state index in [1.165, 1.54) is 0 Å². The Morgan fingerprint density at radius 2 is 2.53 bits per heavy atom. The van der Waals surface area contributed by atoms with Gasteiger partial charge in [-0.15, -0.1) is 0 Å². The largest absolute Gasteiger partial charge is 0.393 e. The molecular weight excluding hydrogens is 192 g/mol. The van der Waals surface area contributed by atoms with E-state index in [1.807, 2.05) is 24.0 Å². The second-order valence-corrected chi connectivity index (χ2v) is 4.18. The molecule has 0 spiro atoms. The topological polar surface area (TPSA) is 47.3 Å². The number of ether oxygens (including phenoxy) is 1. The van der Waals surface area contributed by atoms with Crippen LogP contribution in [0.25, 0.3) is 0 Å². The first-order chi connectivity index (χ1) is 7.27. The molecule has 4 nitrogen and oxygen atoms in total. The van der Waals surface area contributed by atoms with Gasteiger partial charge in [-0.2, -0.15) is 0 Å². The predicted molar refractivity (Wildman–Crippen MR) is 56.5 cm³/mol. The van der Waals surface area contributed by atoms with Crippen molar-refractivity contribution in [1.82, 2.24) is 9.55 Å². The van der Waals surface area contributed by atoms with Crippen LogP contribution in [0.1, 0.15) is 18.7 Å². The average Bonchev–Trinajstić information content (AvgIpc) is 2.63. The van der Waals surface area contributed by atoms with Crippen LogP contribution in [0.4, 0.5) is 0 Å². The molecular formula is C11H18N2O2. The van der Waals surface area contributed by atoms with Crippen LogP contribution in [0.15, 0.2) is 12.4 Å². The van der Waals surface area contributed by atoms with Crippen molar-refractivity contribution in [2.45, 2.75) is 25.4 Å². The van der Waals surface area contributed by atoms with Gasteiger partial charge < -0.3 is 14.4 Å². The minimum Gasteiger partial charge on any atom is -0.393 e. The van der Waals surface area contributed by atoms with Gasteiger partial charge in [0.25, 0.3) is 0 Å². The summed E-state index contributed by atoms with van der Waals surface area (Å²) in [7, 11) is 2.00. The lowest BCUT2D eigenvalue weighted by molar-refractivity contribution is -0.0382. The molecule has 2 heterocycles. The second kappa shape index (κ2) is 4.77. The fourth-order valence-electron chi connectivity index (χ4n) is 2.01. The Morgan fingerprint density at radius 3 is 3.20 bits per heavy atom. The van der Waals surface area contributed by atoms with Crippen LogP contribution < -0.4 is 0 Å². The maximum atomic E-state index is 9.76. The summed E-state index contributed by atoms with van der Waals surface area (Å²) in [5.74, 6) is 1.35. The van der Waals surface area contributed by atoms with Gasteiger partial charge in [0.2, 0.25) is 0 Å². The summed E-state index contributed by atoms with van der Waals surface area (Å²) in [6, 6.07) is 0. The highest BCUT2D eigenvalue weighted by atomic mass is 16.5. The van der Waals surface area contributed by atoms with Crippen molar-refractivity contribution in [3.05, 3.63) is 18.2 Å². The summed E-state index contributed by atoms with van der Waals surface area (Å²) in [4.78, 5) is 4.27. The summed E-state index contributed by atoms with van der Waals surface area (Å²) in [6.07, 6.45) is 6.19. The number of aliphatic hydroxyl groups is 1. The number of nitrogens with zero attached hydrogens (tertiary/aromatic N) is 2. The van der Waals surface area contributed by atoms with Crippen LogP contribution >= 0.6 is 0 Å². The van der Waals surface area contributed by atoms with Gasteiger partial charge in [0.05, 0.1) is 12.7 Å². The highest BCUT2D eigenvalue weighted by Gasteiger charge is 2.23. The summed E-state index contributed by atoms with van der Waals surface area (Å²) in [5, 5.41) is 9.76. The molecule has 1 aromatic heterocycles. The molecule has 1 N–H and O–H groups in total. The number of aryl methyl sites for hydroxylation is 2.